The van der Waals surface area contributed by atoms with Gasteiger partial charge in [0, 0.05) is 11.3 Å². The molecule has 2 amide bonds. The van der Waals surface area contributed by atoms with Gasteiger partial charge in [0.25, 0.3) is 11.8 Å². The van der Waals surface area contributed by atoms with Gasteiger partial charge in [-0.2, -0.15) is 0 Å². The summed E-state index contributed by atoms with van der Waals surface area (Å²) in [6, 6.07) is 21.5. The number of hydrogen-bond acceptors (Lipinski definition) is 4. The second-order valence-electron chi connectivity index (χ2n) is 7.04. The third kappa shape index (κ3) is 5.98. The lowest BCUT2D eigenvalue weighted by Crippen LogP contribution is -2.30. The van der Waals surface area contributed by atoms with Gasteiger partial charge in [-0.3, -0.25) is 9.59 Å². The molecule has 3 aromatic rings. The van der Waals surface area contributed by atoms with Crippen molar-refractivity contribution in [3.63, 3.8) is 0 Å². The van der Waals surface area contributed by atoms with Crippen molar-refractivity contribution in [2.75, 3.05) is 19.0 Å². The van der Waals surface area contributed by atoms with E-state index in [1.807, 2.05) is 44.2 Å². The number of hydrogen-bond donors (Lipinski definition) is 2. The first-order valence-electron chi connectivity index (χ1n) is 10.3. The van der Waals surface area contributed by atoms with Crippen molar-refractivity contribution in [3.05, 3.63) is 95.2 Å². The highest BCUT2D eigenvalue weighted by molar-refractivity contribution is 6.10. The maximum atomic E-state index is 13.1. The first-order chi connectivity index (χ1) is 15.5. The average molecular weight is 431 g/mol. The Morgan fingerprint density at radius 2 is 1.66 bits per heavy atom. The Morgan fingerprint density at radius 3 is 2.31 bits per heavy atom. The molecule has 0 aliphatic heterocycles. The second-order valence-corrected chi connectivity index (χ2v) is 7.04. The van der Waals surface area contributed by atoms with Crippen molar-refractivity contribution >= 4 is 23.6 Å². The zero-order valence-corrected chi connectivity index (χ0v) is 18.3. The molecule has 0 heterocycles. The highest BCUT2D eigenvalue weighted by Gasteiger charge is 2.16. The standard InChI is InChI=1S/C26H26N2O4/c1-4-32-24-17-19(12-15-23(24)31-3)16-22(28-25(29)20-8-6-5-7-9-20)26(30)27-21-13-10-18(2)11-14-21/h5-17H,4H2,1-3H3,(H,27,30)(H,28,29)/b22-16-. The number of anilines is 1. The molecular formula is C26H26N2O4. The predicted molar refractivity (Wildman–Crippen MR) is 126 cm³/mol. The van der Waals surface area contributed by atoms with Crippen LogP contribution in [0.25, 0.3) is 6.08 Å². The lowest BCUT2D eigenvalue weighted by molar-refractivity contribution is -0.113. The number of carbonyl (C=O) groups excluding carboxylic acids is 2. The molecule has 6 heteroatoms. The third-order valence-corrected chi connectivity index (χ3v) is 4.64. The largest absolute Gasteiger partial charge is 0.493 e. The molecule has 0 spiro atoms. The molecule has 0 fully saturated rings. The molecule has 0 atom stereocenters. The summed E-state index contributed by atoms with van der Waals surface area (Å²) in [4.78, 5) is 25.8. The van der Waals surface area contributed by atoms with Gasteiger partial charge in [0.2, 0.25) is 0 Å². The molecule has 32 heavy (non-hydrogen) atoms. The molecule has 0 bridgehead atoms. The Morgan fingerprint density at radius 1 is 0.938 bits per heavy atom. The lowest BCUT2D eigenvalue weighted by Gasteiger charge is -2.13. The van der Waals surface area contributed by atoms with E-state index >= 15 is 0 Å². The quantitative estimate of drug-likeness (QED) is 0.503. The summed E-state index contributed by atoms with van der Waals surface area (Å²) in [5, 5.41) is 5.56. The normalized spacial score (nSPS) is 10.9. The lowest BCUT2D eigenvalue weighted by atomic mass is 10.1. The Labute approximate surface area is 187 Å². The molecule has 0 unspecified atom stereocenters. The van der Waals surface area contributed by atoms with Gasteiger partial charge in [0.15, 0.2) is 11.5 Å². The van der Waals surface area contributed by atoms with E-state index in [9.17, 15) is 9.59 Å². The van der Waals surface area contributed by atoms with E-state index in [1.165, 1.54) is 0 Å². The average Bonchev–Trinajstić information content (AvgIpc) is 2.81. The summed E-state index contributed by atoms with van der Waals surface area (Å²) in [6.45, 7) is 4.31. The van der Waals surface area contributed by atoms with Gasteiger partial charge in [0.05, 0.1) is 13.7 Å². The summed E-state index contributed by atoms with van der Waals surface area (Å²) in [5.74, 6) is 0.320. The molecule has 3 aromatic carbocycles. The van der Waals surface area contributed by atoms with Crippen LogP contribution in [0.2, 0.25) is 0 Å². The van der Waals surface area contributed by atoms with Crippen LogP contribution in [0.5, 0.6) is 11.5 Å². The van der Waals surface area contributed by atoms with E-state index < -0.39 is 5.91 Å². The van der Waals surface area contributed by atoms with E-state index in [2.05, 4.69) is 10.6 Å². The molecule has 0 saturated heterocycles. The van der Waals surface area contributed by atoms with E-state index in [0.29, 0.717) is 34.9 Å². The SMILES string of the molecule is CCOc1cc(/C=C(\NC(=O)c2ccccc2)C(=O)Nc2ccc(C)cc2)ccc1OC. The second kappa shape index (κ2) is 10.8. The molecule has 0 aliphatic carbocycles. The fourth-order valence-electron chi connectivity index (χ4n) is 3.00. The maximum Gasteiger partial charge on any atom is 0.272 e. The van der Waals surface area contributed by atoms with Crippen molar-refractivity contribution in [2.24, 2.45) is 0 Å². The first-order valence-corrected chi connectivity index (χ1v) is 10.3. The van der Waals surface area contributed by atoms with Gasteiger partial charge in [-0.25, -0.2) is 0 Å². The van der Waals surface area contributed by atoms with Gasteiger partial charge >= 0.3 is 0 Å². The monoisotopic (exact) mass is 430 g/mol. The van der Waals surface area contributed by atoms with Gasteiger partial charge in [0.1, 0.15) is 5.70 Å². The van der Waals surface area contributed by atoms with E-state index in [0.717, 1.165) is 5.56 Å². The van der Waals surface area contributed by atoms with Crippen molar-refractivity contribution < 1.29 is 19.1 Å². The minimum Gasteiger partial charge on any atom is -0.493 e. The number of nitrogens with one attached hydrogen (secondary N) is 2. The predicted octanol–water partition coefficient (Wildman–Crippen LogP) is 4.81. The number of rotatable bonds is 8. The molecule has 3 rings (SSSR count). The number of methoxy groups -OCH3 is 1. The summed E-state index contributed by atoms with van der Waals surface area (Å²) in [5.41, 5.74) is 2.94. The zero-order chi connectivity index (χ0) is 22.9. The van der Waals surface area contributed by atoms with Crippen molar-refractivity contribution in [1.29, 1.82) is 0 Å². The van der Waals surface area contributed by atoms with Crippen LogP contribution >= 0.6 is 0 Å². The molecular weight excluding hydrogens is 404 g/mol. The highest BCUT2D eigenvalue weighted by atomic mass is 16.5. The number of amides is 2. The van der Waals surface area contributed by atoms with E-state index in [-0.39, 0.29) is 11.6 Å². The van der Waals surface area contributed by atoms with Gasteiger partial charge in [-0.05, 0) is 61.9 Å². The number of aryl methyl sites for hydroxylation is 1. The molecule has 0 saturated carbocycles. The summed E-state index contributed by atoms with van der Waals surface area (Å²) in [7, 11) is 1.56. The van der Waals surface area contributed by atoms with Gasteiger partial charge in [-0.1, -0.05) is 42.0 Å². The Bertz CT molecular complexity index is 1110. The molecule has 0 radical (unpaired) electrons. The fraction of sp³-hybridized carbons (Fsp3) is 0.154. The fourth-order valence-corrected chi connectivity index (χ4v) is 3.00. The van der Waals surface area contributed by atoms with Crippen LogP contribution in [0.15, 0.2) is 78.5 Å². The van der Waals surface area contributed by atoms with Gasteiger partial charge in [-0.15, -0.1) is 0 Å². The smallest absolute Gasteiger partial charge is 0.272 e. The number of benzene rings is 3. The van der Waals surface area contributed by atoms with Crippen LogP contribution < -0.4 is 20.1 Å². The zero-order valence-electron chi connectivity index (χ0n) is 18.3. The third-order valence-electron chi connectivity index (χ3n) is 4.64. The van der Waals surface area contributed by atoms with Crippen LogP contribution in [0.3, 0.4) is 0 Å². The van der Waals surface area contributed by atoms with E-state index in [4.69, 9.17) is 9.47 Å². The number of carbonyl (C=O) groups is 2. The molecule has 0 aromatic heterocycles. The highest BCUT2D eigenvalue weighted by Crippen LogP contribution is 2.29. The van der Waals surface area contributed by atoms with Crippen LogP contribution in [-0.2, 0) is 4.79 Å². The van der Waals surface area contributed by atoms with Crippen LogP contribution in [0, 0.1) is 6.92 Å². The maximum absolute atomic E-state index is 13.1. The Balaban J connectivity index is 1.93. The van der Waals surface area contributed by atoms with Crippen LogP contribution in [0.4, 0.5) is 5.69 Å². The Kier molecular flexibility index (Phi) is 7.65. The van der Waals surface area contributed by atoms with E-state index in [1.54, 1.807) is 55.7 Å². The number of ether oxygens (including phenoxy) is 2. The minimum atomic E-state index is -0.438. The van der Waals surface area contributed by atoms with Crippen molar-refractivity contribution in [2.45, 2.75) is 13.8 Å². The minimum absolute atomic E-state index is 0.104. The molecule has 0 aliphatic rings. The molecule has 164 valence electrons. The van der Waals surface area contributed by atoms with Gasteiger partial charge < -0.3 is 20.1 Å². The summed E-state index contributed by atoms with van der Waals surface area (Å²) in [6.07, 6.45) is 1.60. The van der Waals surface area contributed by atoms with Crippen molar-refractivity contribution in [1.82, 2.24) is 5.32 Å². The summed E-state index contributed by atoms with van der Waals surface area (Å²) >= 11 is 0. The Hall–Kier alpha value is -4.06. The molecule has 2 N–H and O–H groups in total. The molecule has 6 nitrogen and oxygen atoms in total. The topological polar surface area (TPSA) is 76.7 Å². The summed E-state index contributed by atoms with van der Waals surface area (Å²) < 4.78 is 10.9. The van der Waals surface area contributed by atoms with Crippen molar-refractivity contribution in [3.8, 4) is 11.5 Å². The first kappa shape index (κ1) is 22.6. The van der Waals surface area contributed by atoms with Crippen LogP contribution in [-0.4, -0.2) is 25.5 Å². The van der Waals surface area contributed by atoms with Crippen LogP contribution in [0.1, 0.15) is 28.4 Å².